The number of hydrogen-bond acceptors (Lipinski definition) is 2. The molecule has 1 aromatic carbocycles. The van der Waals surface area contributed by atoms with Crippen LogP contribution >= 0.6 is 39.1 Å². The van der Waals surface area contributed by atoms with Crippen LogP contribution in [0.3, 0.4) is 0 Å². The summed E-state index contributed by atoms with van der Waals surface area (Å²) in [4.78, 5) is 12.3. The number of aryl methyl sites for hydroxylation is 2. The zero-order chi connectivity index (χ0) is 15.6. The zero-order valence-corrected chi connectivity index (χ0v) is 14.9. The average molecular weight is 390 g/mol. The van der Waals surface area contributed by atoms with Crippen LogP contribution in [0.25, 0.3) is 0 Å². The van der Waals surface area contributed by atoms with Gasteiger partial charge in [0.1, 0.15) is 5.78 Å². The summed E-state index contributed by atoms with van der Waals surface area (Å²) in [5.41, 5.74) is 2.65. The molecule has 0 saturated heterocycles. The van der Waals surface area contributed by atoms with Crippen molar-refractivity contribution in [2.45, 2.75) is 26.2 Å². The molecule has 112 valence electrons. The Labute approximate surface area is 142 Å². The van der Waals surface area contributed by atoms with Gasteiger partial charge >= 0.3 is 0 Å². The third kappa shape index (κ3) is 3.87. The van der Waals surface area contributed by atoms with Gasteiger partial charge in [0.15, 0.2) is 0 Å². The lowest BCUT2D eigenvalue weighted by atomic mass is 10.1. The van der Waals surface area contributed by atoms with Crippen molar-refractivity contribution >= 4 is 44.9 Å². The smallest absolute Gasteiger partial charge is 0.143 e. The minimum absolute atomic E-state index is 0.0885. The van der Waals surface area contributed by atoms with Gasteiger partial charge in [-0.15, -0.1) is 0 Å². The Morgan fingerprint density at radius 2 is 2.05 bits per heavy atom. The second-order valence-corrected chi connectivity index (χ2v) is 6.45. The Balaban J connectivity index is 2.13. The van der Waals surface area contributed by atoms with Crippen molar-refractivity contribution in [3.63, 3.8) is 0 Å². The maximum Gasteiger partial charge on any atom is 0.143 e. The van der Waals surface area contributed by atoms with Crippen LogP contribution in [-0.4, -0.2) is 15.6 Å². The minimum Gasteiger partial charge on any atom is -0.299 e. The highest BCUT2D eigenvalue weighted by molar-refractivity contribution is 9.10. The first-order chi connectivity index (χ1) is 9.92. The topological polar surface area (TPSA) is 34.9 Å². The van der Waals surface area contributed by atoms with Crippen LogP contribution < -0.4 is 0 Å². The highest BCUT2D eigenvalue weighted by Gasteiger charge is 2.16. The summed E-state index contributed by atoms with van der Waals surface area (Å²) in [6, 6.07) is 5.18. The number of carbonyl (C=O) groups excluding carboxylic acids is 1. The van der Waals surface area contributed by atoms with E-state index in [0.717, 1.165) is 27.8 Å². The number of carbonyl (C=O) groups is 1. The molecule has 0 atom stereocenters. The van der Waals surface area contributed by atoms with Gasteiger partial charge < -0.3 is 0 Å². The zero-order valence-electron chi connectivity index (χ0n) is 11.8. The Kier molecular flexibility index (Phi) is 5.47. The average Bonchev–Trinajstić information content (AvgIpc) is 2.69. The summed E-state index contributed by atoms with van der Waals surface area (Å²) in [5, 5.41) is 5.48. The second-order valence-electron chi connectivity index (χ2n) is 4.81. The first-order valence-corrected chi connectivity index (χ1v) is 8.13. The Hall–Kier alpha value is -0.840. The van der Waals surface area contributed by atoms with Crippen molar-refractivity contribution < 1.29 is 4.79 Å². The van der Waals surface area contributed by atoms with Crippen LogP contribution in [0.4, 0.5) is 0 Å². The molecule has 2 aromatic rings. The van der Waals surface area contributed by atoms with Crippen molar-refractivity contribution in [1.29, 1.82) is 0 Å². The van der Waals surface area contributed by atoms with Gasteiger partial charge in [0.2, 0.25) is 0 Å². The number of halogens is 3. The summed E-state index contributed by atoms with van der Waals surface area (Å²) in [7, 11) is 1.85. The maximum absolute atomic E-state index is 12.3. The van der Waals surface area contributed by atoms with Crippen LogP contribution in [0, 0.1) is 0 Å². The number of nitrogens with zero attached hydrogens (tertiary/aromatic N) is 2. The van der Waals surface area contributed by atoms with Gasteiger partial charge in [0.25, 0.3) is 0 Å². The van der Waals surface area contributed by atoms with E-state index in [2.05, 4.69) is 21.0 Å². The van der Waals surface area contributed by atoms with Gasteiger partial charge in [0, 0.05) is 29.9 Å². The lowest BCUT2D eigenvalue weighted by Crippen LogP contribution is -2.10. The van der Waals surface area contributed by atoms with Crippen molar-refractivity contribution in [2.24, 2.45) is 7.05 Å². The molecule has 0 aliphatic heterocycles. The van der Waals surface area contributed by atoms with E-state index >= 15 is 0 Å². The summed E-state index contributed by atoms with van der Waals surface area (Å²) in [6.45, 7) is 2.03. The van der Waals surface area contributed by atoms with E-state index in [1.165, 1.54) is 0 Å². The molecule has 21 heavy (non-hydrogen) atoms. The molecule has 6 heteroatoms. The fraction of sp³-hybridized carbons (Fsp3) is 0.333. The van der Waals surface area contributed by atoms with Gasteiger partial charge in [0.05, 0.1) is 15.9 Å². The predicted octanol–water partition coefficient (Wildman–Crippen LogP) is 4.41. The van der Waals surface area contributed by atoms with Gasteiger partial charge in [-0.2, -0.15) is 5.10 Å². The standard InChI is InChI=1S/C15H15BrCl2N2O/c1-3-13-15(16)14(20(2)19-13)8-11(21)6-9-4-5-10(17)7-12(9)18/h4-5,7H,3,6,8H2,1-2H3. The number of benzene rings is 1. The summed E-state index contributed by atoms with van der Waals surface area (Å²) < 4.78 is 2.67. The highest BCUT2D eigenvalue weighted by atomic mass is 79.9. The monoisotopic (exact) mass is 388 g/mol. The molecule has 0 amide bonds. The van der Waals surface area contributed by atoms with Crippen molar-refractivity contribution in [3.05, 3.63) is 49.7 Å². The molecule has 3 nitrogen and oxygen atoms in total. The minimum atomic E-state index is 0.0885. The van der Waals surface area contributed by atoms with Crippen LogP contribution in [0.2, 0.25) is 10.0 Å². The van der Waals surface area contributed by atoms with Gasteiger partial charge in [-0.25, -0.2) is 0 Å². The van der Waals surface area contributed by atoms with E-state index in [1.807, 2.05) is 14.0 Å². The molecule has 0 saturated carbocycles. The normalized spacial score (nSPS) is 10.9. The molecule has 0 unspecified atom stereocenters. The molecule has 0 spiro atoms. The molecule has 1 aromatic heterocycles. The molecule has 0 aliphatic carbocycles. The lowest BCUT2D eigenvalue weighted by Gasteiger charge is -2.05. The van der Waals surface area contributed by atoms with Crippen molar-refractivity contribution in [1.82, 2.24) is 9.78 Å². The number of rotatable bonds is 5. The van der Waals surface area contributed by atoms with Crippen LogP contribution in [0.15, 0.2) is 22.7 Å². The van der Waals surface area contributed by atoms with Gasteiger partial charge in [-0.1, -0.05) is 36.2 Å². The molecule has 0 bridgehead atoms. The van der Waals surface area contributed by atoms with E-state index < -0.39 is 0 Å². The van der Waals surface area contributed by atoms with Crippen LogP contribution in [0.5, 0.6) is 0 Å². The number of hydrogen-bond donors (Lipinski definition) is 0. The SMILES string of the molecule is CCc1nn(C)c(CC(=O)Cc2ccc(Cl)cc2Cl)c1Br. The molecular formula is C15H15BrCl2N2O. The third-order valence-electron chi connectivity index (χ3n) is 3.27. The fourth-order valence-electron chi connectivity index (χ4n) is 2.14. The van der Waals surface area contributed by atoms with E-state index in [0.29, 0.717) is 16.5 Å². The fourth-order valence-corrected chi connectivity index (χ4v) is 3.37. The summed E-state index contributed by atoms with van der Waals surface area (Å²) >= 11 is 15.5. The summed E-state index contributed by atoms with van der Waals surface area (Å²) in [6.07, 6.45) is 1.43. The van der Waals surface area contributed by atoms with E-state index in [-0.39, 0.29) is 12.2 Å². The lowest BCUT2D eigenvalue weighted by molar-refractivity contribution is -0.117. The Morgan fingerprint density at radius 3 is 2.62 bits per heavy atom. The van der Waals surface area contributed by atoms with E-state index in [9.17, 15) is 4.79 Å². The number of ketones is 1. The molecule has 0 radical (unpaired) electrons. The second kappa shape index (κ2) is 6.95. The van der Waals surface area contributed by atoms with Crippen molar-refractivity contribution in [2.75, 3.05) is 0 Å². The first kappa shape index (κ1) is 16.5. The first-order valence-electron chi connectivity index (χ1n) is 6.58. The molecule has 0 fully saturated rings. The largest absolute Gasteiger partial charge is 0.299 e. The highest BCUT2D eigenvalue weighted by Crippen LogP contribution is 2.24. The third-order valence-corrected chi connectivity index (χ3v) is 4.77. The molecular weight excluding hydrogens is 375 g/mol. The maximum atomic E-state index is 12.3. The molecule has 0 aliphatic rings. The van der Waals surface area contributed by atoms with Gasteiger partial charge in [-0.3, -0.25) is 9.48 Å². The Morgan fingerprint density at radius 1 is 1.33 bits per heavy atom. The molecule has 0 N–H and O–H groups in total. The Bertz CT molecular complexity index is 683. The molecule has 1 heterocycles. The number of Topliss-reactive ketones (excluding diaryl/α,β-unsaturated/α-hetero) is 1. The van der Waals surface area contributed by atoms with Crippen LogP contribution in [-0.2, 0) is 31.1 Å². The van der Waals surface area contributed by atoms with E-state index in [4.69, 9.17) is 23.2 Å². The number of aromatic nitrogens is 2. The van der Waals surface area contributed by atoms with E-state index in [1.54, 1.807) is 22.9 Å². The van der Waals surface area contributed by atoms with Crippen molar-refractivity contribution in [3.8, 4) is 0 Å². The quantitative estimate of drug-likeness (QED) is 0.759. The van der Waals surface area contributed by atoms with Gasteiger partial charge in [-0.05, 0) is 40.0 Å². The molecule has 2 rings (SSSR count). The van der Waals surface area contributed by atoms with Crippen LogP contribution in [0.1, 0.15) is 23.9 Å². The summed E-state index contributed by atoms with van der Waals surface area (Å²) in [5.74, 6) is 0.0885. The predicted molar refractivity (Wildman–Crippen MR) is 89.2 cm³/mol.